The van der Waals surface area contributed by atoms with Gasteiger partial charge in [-0.05, 0) is 43.4 Å². The first-order valence-electron chi connectivity index (χ1n) is 7.62. The minimum Gasteiger partial charge on any atom is -0.486 e. The summed E-state index contributed by atoms with van der Waals surface area (Å²) in [5, 5.41) is 4.44. The molecule has 2 aliphatic rings. The summed E-state index contributed by atoms with van der Waals surface area (Å²) in [6.07, 6.45) is 5.03. The topological polar surface area (TPSA) is 30.5 Å². The van der Waals surface area contributed by atoms with Gasteiger partial charge in [0.15, 0.2) is 11.5 Å². The number of hydrogen-bond donors (Lipinski definition) is 1. The van der Waals surface area contributed by atoms with Gasteiger partial charge in [0.2, 0.25) is 0 Å². The molecule has 0 aromatic heterocycles. The molecular formula is C16H22ClNO2. The van der Waals surface area contributed by atoms with Gasteiger partial charge < -0.3 is 14.8 Å². The standard InChI is InChI=1S/C16H22ClNO2/c1-2-6-18-16(11-4-3-5-11)12-9-14-15(10-13(12)17)20-8-7-19-14/h9-11,16,18H,2-8H2,1H3. The summed E-state index contributed by atoms with van der Waals surface area (Å²) in [7, 11) is 0. The summed E-state index contributed by atoms with van der Waals surface area (Å²) in [6, 6.07) is 4.32. The molecule has 1 aliphatic carbocycles. The largest absolute Gasteiger partial charge is 0.486 e. The molecule has 1 unspecified atom stereocenters. The lowest BCUT2D eigenvalue weighted by Gasteiger charge is -2.35. The SMILES string of the molecule is CCCNC(c1cc2c(cc1Cl)OCCO2)C1CCC1. The summed E-state index contributed by atoms with van der Waals surface area (Å²) in [4.78, 5) is 0. The maximum absolute atomic E-state index is 6.48. The van der Waals surface area contributed by atoms with Crippen molar-refractivity contribution in [3.05, 3.63) is 22.7 Å². The van der Waals surface area contributed by atoms with Crippen LogP contribution in [0.4, 0.5) is 0 Å². The molecule has 1 N–H and O–H groups in total. The quantitative estimate of drug-likeness (QED) is 0.892. The lowest BCUT2D eigenvalue weighted by Crippen LogP contribution is -2.33. The average Bonchev–Trinajstić information content (AvgIpc) is 2.40. The van der Waals surface area contributed by atoms with Crippen LogP contribution in [0.25, 0.3) is 0 Å². The van der Waals surface area contributed by atoms with Crippen LogP contribution in [0.3, 0.4) is 0 Å². The zero-order valence-electron chi connectivity index (χ0n) is 12.0. The Bertz CT molecular complexity index is 474. The third kappa shape index (κ3) is 2.75. The smallest absolute Gasteiger partial charge is 0.162 e. The number of nitrogens with one attached hydrogen (secondary N) is 1. The molecule has 20 heavy (non-hydrogen) atoms. The Morgan fingerprint density at radius 3 is 2.55 bits per heavy atom. The molecule has 1 aliphatic heterocycles. The van der Waals surface area contributed by atoms with E-state index in [2.05, 4.69) is 18.3 Å². The van der Waals surface area contributed by atoms with Crippen LogP contribution in [0.2, 0.25) is 5.02 Å². The lowest BCUT2D eigenvalue weighted by molar-refractivity contribution is 0.170. The molecule has 1 aromatic carbocycles. The van der Waals surface area contributed by atoms with Gasteiger partial charge in [0.25, 0.3) is 0 Å². The molecule has 1 heterocycles. The van der Waals surface area contributed by atoms with E-state index in [0.29, 0.717) is 25.2 Å². The molecule has 1 fully saturated rings. The number of hydrogen-bond acceptors (Lipinski definition) is 3. The minimum atomic E-state index is 0.340. The van der Waals surface area contributed by atoms with E-state index in [1.165, 1.54) is 19.3 Å². The van der Waals surface area contributed by atoms with Gasteiger partial charge in [-0.25, -0.2) is 0 Å². The van der Waals surface area contributed by atoms with Crippen LogP contribution < -0.4 is 14.8 Å². The fraction of sp³-hybridized carbons (Fsp3) is 0.625. The van der Waals surface area contributed by atoms with Crippen LogP contribution in [-0.2, 0) is 0 Å². The normalized spacial score (nSPS) is 19.5. The molecule has 0 amide bonds. The Balaban J connectivity index is 1.88. The molecule has 110 valence electrons. The van der Waals surface area contributed by atoms with Gasteiger partial charge in [-0.3, -0.25) is 0 Å². The van der Waals surface area contributed by atoms with Crippen molar-refractivity contribution >= 4 is 11.6 Å². The summed E-state index contributed by atoms with van der Waals surface area (Å²) >= 11 is 6.48. The number of fused-ring (bicyclic) bond motifs is 1. The Kier molecular flexibility index (Phi) is 4.37. The third-order valence-electron chi connectivity index (χ3n) is 4.23. The molecule has 0 bridgehead atoms. The average molecular weight is 296 g/mol. The Morgan fingerprint density at radius 2 is 1.95 bits per heavy atom. The predicted molar refractivity (Wildman–Crippen MR) is 80.8 cm³/mol. The van der Waals surface area contributed by atoms with Crippen molar-refractivity contribution < 1.29 is 9.47 Å². The highest BCUT2D eigenvalue weighted by atomic mass is 35.5. The van der Waals surface area contributed by atoms with Gasteiger partial charge >= 0.3 is 0 Å². The summed E-state index contributed by atoms with van der Waals surface area (Å²) in [5.74, 6) is 2.30. The van der Waals surface area contributed by atoms with E-state index in [-0.39, 0.29) is 0 Å². The molecule has 1 atom stereocenters. The molecule has 4 heteroatoms. The second-order valence-electron chi connectivity index (χ2n) is 5.64. The zero-order valence-corrected chi connectivity index (χ0v) is 12.7. The first-order valence-corrected chi connectivity index (χ1v) is 8.00. The van der Waals surface area contributed by atoms with E-state index in [1.54, 1.807) is 0 Å². The monoisotopic (exact) mass is 295 g/mol. The fourth-order valence-electron chi connectivity index (χ4n) is 2.92. The maximum Gasteiger partial charge on any atom is 0.162 e. The van der Waals surface area contributed by atoms with Crippen LogP contribution in [0, 0.1) is 5.92 Å². The van der Waals surface area contributed by atoms with Crippen LogP contribution >= 0.6 is 11.6 Å². The van der Waals surface area contributed by atoms with Crippen LogP contribution in [0.15, 0.2) is 12.1 Å². The molecule has 0 spiro atoms. The summed E-state index contributed by atoms with van der Waals surface area (Å²) < 4.78 is 11.3. The number of halogens is 1. The second kappa shape index (κ2) is 6.23. The molecule has 1 aromatic rings. The van der Waals surface area contributed by atoms with Crippen LogP contribution in [0.5, 0.6) is 11.5 Å². The first kappa shape index (κ1) is 14.0. The second-order valence-corrected chi connectivity index (χ2v) is 6.05. The van der Waals surface area contributed by atoms with Gasteiger partial charge in [0, 0.05) is 17.1 Å². The highest BCUT2D eigenvalue weighted by molar-refractivity contribution is 6.31. The molecule has 0 saturated heterocycles. The van der Waals surface area contributed by atoms with Crippen molar-refractivity contribution in [3.8, 4) is 11.5 Å². The van der Waals surface area contributed by atoms with Crippen LogP contribution in [-0.4, -0.2) is 19.8 Å². The predicted octanol–water partition coefficient (Wildman–Crippen LogP) is 3.95. The zero-order chi connectivity index (χ0) is 13.9. The van der Waals surface area contributed by atoms with E-state index in [0.717, 1.165) is 35.1 Å². The van der Waals surface area contributed by atoms with Crippen molar-refractivity contribution in [2.24, 2.45) is 5.92 Å². The highest BCUT2D eigenvalue weighted by Crippen LogP contribution is 2.44. The fourth-order valence-corrected chi connectivity index (χ4v) is 3.19. The van der Waals surface area contributed by atoms with Crippen molar-refractivity contribution in [3.63, 3.8) is 0 Å². The molecule has 3 rings (SSSR count). The third-order valence-corrected chi connectivity index (χ3v) is 4.56. The maximum atomic E-state index is 6.48. The van der Waals surface area contributed by atoms with Crippen molar-refractivity contribution in [1.29, 1.82) is 0 Å². The minimum absolute atomic E-state index is 0.340. The van der Waals surface area contributed by atoms with Gasteiger partial charge in [0.05, 0.1) is 0 Å². The van der Waals surface area contributed by atoms with Crippen molar-refractivity contribution in [2.45, 2.75) is 38.6 Å². The molecule has 1 saturated carbocycles. The van der Waals surface area contributed by atoms with E-state index in [4.69, 9.17) is 21.1 Å². The number of rotatable bonds is 5. The summed E-state index contributed by atoms with van der Waals surface area (Å²) in [6.45, 7) is 4.43. The van der Waals surface area contributed by atoms with E-state index >= 15 is 0 Å². The van der Waals surface area contributed by atoms with Crippen LogP contribution in [0.1, 0.15) is 44.2 Å². The molecular weight excluding hydrogens is 274 g/mol. The molecule has 0 radical (unpaired) electrons. The van der Waals surface area contributed by atoms with E-state index < -0.39 is 0 Å². The highest BCUT2D eigenvalue weighted by Gasteiger charge is 2.30. The van der Waals surface area contributed by atoms with Gasteiger partial charge in [0.1, 0.15) is 13.2 Å². The van der Waals surface area contributed by atoms with E-state index in [9.17, 15) is 0 Å². The van der Waals surface area contributed by atoms with Crippen molar-refractivity contribution in [2.75, 3.05) is 19.8 Å². The van der Waals surface area contributed by atoms with Gasteiger partial charge in [-0.1, -0.05) is 24.9 Å². The van der Waals surface area contributed by atoms with E-state index in [1.807, 2.05) is 6.07 Å². The number of benzene rings is 1. The molecule has 3 nitrogen and oxygen atoms in total. The lowest BCUT2D eigenvalue weighted by atomic mass is 9.77. The Labute approximate surface area is 125 Å². The van der Waals surface area contributed by atoms with Gasteiger partial charge in [-0.15, -0.1) is 0 Å². The van der Waals surface area contributed by atoms with Gasteiger partial charge in [-0.2, -0.15) is 0 Å². The Hall–Kier alpha value is -0.930. The number of ether oxygens (including phenoxy) is 2. The summed E-state index contributed by atoms with van der Waals surface area (Å²) in [5.41, 5.74) is 1.16. The first-order chi connectivity index (χ1) is 9.79. The Morgan fingerprint density at radius 1 is 1.25 bits per heavy atom. The van der Waals surface area contributed by atoms with Crippen molar-refractivity contribution in [1.82, 2.24) is 5.32 Å².